The predicted octanol–water partition coefficient (Wildman–Crippen LogP) is 2.77. The van der Waals surface area contributed by atoms with Gasteiger partial charge in [0.15, 0.2) is 17.2 Å². The number of amides is 1. The minimum atomic E-state index is -0.334. The quantitative estimate of drug-likeness (QED) is 0.828. The van der Waals surface area contributed by atoms with Crippen molar-refractivity contribution >= 4 is 24.2 Å². The van der Waals surface area contributed by atoms with E-state index >= 15 is 0 Å². The van der Waals surface area contributed by atoms with Gasteiger partial charge in [-0.3, -0.25) is 14.4 Å². The number of carbonyl (C=O) groups is 3. The number of anilines is 1. The second-order valence-corrected chi connectivity index (χ2v) is 4.50. The molecular formula is C16H13NO5. The molecule has 0 heterocycles. The Kier molecular flexibility index (Phi) is 4.53. The van der Waals surface area contributed by atoms with E-state index in [2.05, 4.69) is 5.32 Å². The third-order valence-corrected chi connectivity index (χ3v) is 2.79. The number of hydrogen-bond donors (Lipinski definition) is 2. The summed E-state index contributed by atoms with van der Waals surface area (Å²) in [6.45, 7) is 1.32. The van der Waals surface area contributed by atoms with E-state index in [9.17, 15) is 19.5 Å². The Morgan fingerprint density at radius 1 is 1.05 bits per heavy atom. The largest absolute Gasteiger partial charge is 0.504 e. The normalized spacial score (nSPS) is 9.86. The zero-order valence-electron chi connectivity index (χ0n) is 11.7. The number of rotatable bonds is 5. The van der Waals surface area contributed by atoms with Crippen LogP contribution in [0.15, 0.2) is 36.4 Å². The molecule has 2 aromatic carbocycles. The lowest BCUT2D eigenvalue weighted by Gasteiger charge is -2.13. The fraction of sp³-hybridized carbons (Fsp3) is 0.0625. The van der Waals surface area contributed by atoms with E-state index in [0.717, 1.165) is 0 Å². The van der Waals surface area contributed by atoms with Crippen LogP contribution >= 0.6 is 0 Å². The van der Waals surface area contributed by atoms with E-state index in [1.807, 2.05) is 0 Å². The molecule has 0 fully saturated rings. The maximum atomic E-state index is 11.2. The SMILES string of the molecule is CC(=O)Nc1cc(C=O)ccc1Oc1cc(C=O)ccc1O. The molecular weight excluding hydrogens is 286 g/mol. The molecule has 0 saturated heterocycles. The highest BCUT2D eigenvalue weighted by Crippen LogP contribution is 2.35. The Labute approximate surface area is 126 Å². The summed E-state index contributed by atoms with van der Waals surface area (Å²) < 4.78 is 5.54. The number of phenolic OH excluding ortho intramolecular Hbond substituents is 1. The maximum Gasteiger partial charge on any atom is 0.221 e. The second-order valence-electron chi connectivity index (χ2n) is 4.50. The lowest BCUT2D eigenvalue weighted by molar-refractivity contribution is -0.114. The maximum absolute atomic E-state index is 11.2. The fourth-order valence-electron chi connectivity index (χ4n) is 1.80. The van der Waals surface area contributed by atoms with E-state index in [-0.39, 0.29) is 28.8 Å². The summed E-state index contributed by atoms with van der Waals surface area (Å²) in [5.41, 5.74) is 0.980. The predicted molar refractivity (Wildman–Crippen MR) is 79.7 cm³/mol. The smallest absolute Gasteiger partial charge is 0.221 e. The van der Waals surface area contributed by atoms with E-state index in [1.165, 1.54) is 43.3 Å². The molecule has 22 heavy (non-hydrogen) atoms. The summed E-state index contributed by atoms with van der Waals surface area (Å²) in [4.78, 5) is 32.8. The highest BCUT2D eigenvalue weighted by Gasteiger charge is 2.11. The molecule has 0 unspecified atom stereocenters. The van der Waals surface area contributed by atoms with Gasteiger partial charge in [-0.25, -0.2) is 0 Å². The molecule has 0 radical (unpaired) electrons. The number of ether oxygens (including phenoxy) is 1. The lowest BCUT2D eigenvalue weighted by Crippen LogP contribution is -2.07. The molecule has 0 aromatic heterocycles. The van der Waals surface area contributed by atoms with Crippen molar-refractivity contribution in [1.82, 2.24) is 0 Å². The number of hydrogen-bond acceptors (Lipinski definition) is 5. The van der Waals surface area contributed by atoms with Crippen molar-refractivity contribution < 1.29 is 24.2 Å². The van der Waals surface area contributed by atoms with Crippen LogP contribution in [-0.2, 0) is 4.79 Å². The van der Waals surface area contributed by atoms with Crippen molar-refractivity contribution in [3.63, 3.8) is 0 Å². The van der Waals surface area contributed by atoms with Gasteiger partial charge in [0, 0.05) is 18.1 Å². The fourth-order valence-corrected chi connectivity index (χ4v) is 1.80. The molecule has 0 aliphatic carbocycles. The molecule has 0 aliphatic heterocycles. The van der Waals surface area contributed by atoms with E-state index in [0.29, 0.717) is 23.7 Å². The summed E-state index contributed by atoms with van der Waals surface area (Å²) in [5, 5.41) is 12.3. The van der Waals surface area contributed by atoms with E-state index in [4.69, 9.17) is 4.74 Å². The Morgan fingerprint density at radius 2 is 1.68 bits per heavy atom. The van der Waals surface area contributed by atoms with Crippen LogP contribution in [0.1, 0.15) is 27.6 Å². The van der Waals surface area contributed by atoms with Gasteiger partial charge in [-0.2, -0.15) is 0 Å². The summed E-state index contributed by atoms with van der Waals surface area (Å²) in [5.74, 6) is -0.188. The molecule has 0 bridgehead atoms. The molecule has 112 valence electrons. The second kappa shape index (κ2) is 6.53. The van der Waals surface area contributed by atoms with Gasteiger partial charge in [-0.05, 0) is 36.4 Å². The summed E-state index contributed by atoms with van der Waals surface area (Å²) in [7, 11) is 0. The van der Waals surface area contributed by atoms with Crippen molar-refractivity contribution in [1.29, 1.82) is 0 Å². The molecule has 6 heteroatoms. The Hall–Kier alpha value is -3.15. The molecule has 1 amide bonds. The number of aromatic hydroxyl groups is 1. The average Bonchev–Trinajstić information content (AvgIpc) is 2.50. The third-order valence-electron chi connectivity index (χ3n) is 2.79. The van der Waals surface area contributed by atoms with Crippen molar-refractivity contribution in [2.75, 3.05) is 5.32 Å². The number of carbonyl (C=O) groups excluding carboxylic acids is 3. The standard InChI is InChI=1S/C16H13NO5/c1-10(20)17-13-6-11(8-18)3-5-15(13)22-16-7-12(9-19)2-4-14(16)21/h2-9,21H,1H3,(H,17,20). The first kappa shape index (κ1) is 15.2. The van der Waals surface area contributed by atoms with E-state index < -0.39 is 0 Å². The van der Waals surface area contributed by atoms with E-state index in [1.54, 1.807) is 0 Å². The summed E-state index contributed by atoms with van der Waals surface area (Å²) >= 11 is 0. The molecule has 2 N–H and O–H groups in total. The molecule has 2 rings (SSSR count). The summed E-state index contributed by atoms with van der Waals surface area (Å²) in [6, 6.07) is 8.59. The monoisotopic (exact) mass is 299 g/mol. The molecule has 2 aromatic rings. The first-order chi connectivity index (χ1) is 10.5. The molecule has 0 atom stereocenters. The Balaban J connectivity index is 2.42. The molecule has 6 nitrogen and oxygen atoms in total. The van der Waals surface area contributed by atoms with Crippen LogP contribution in [0.25, 0.3) is 0 Å². The lowest BCUT2D eigenvalue weighted by atomic mass is 10.2. The zero-order chi connectivity index (χ0) is 16.1. The third kappa shape index (κ3) is 3.49. The number of benzene rings is 2. The van der Waals surface area contributed by atoms with Crippen molar-refractivity contribution in [2.45, 2.75) is 6.92 Å². The molecule has 0 spiro atoms. The minimum absolute atomic E-state index is 0.0649. The molecule has 0 saturated carbocycles. The molecule has 0 aliphatic rings. The van der Waals surface area contributed by atoms with Gasteiger partial charge in [0.25, 0.3) is 0 Å². The topological polar surface area (TPSA) is 92.7 Å². The van der Waals surface area contributed by atoms with Gasteiger partial charge in [-0.15, -0.1) is 0 Å². The van der Waals surface area contributed by atoms with Crippen molar-refractivity contribution in [2.24, 2.45) is 0 Å². The first-order valence-corrected chi connectivity index (χ1v) is 6.36. The van der Waals surface area contributed by atoms with Gasteiger partial charge in [0.2, 0.25) is 5.91 Å². The van der Waals surface area contributed by atoms with Crippen molar-refractivity contribution in [3.8, 4) is 17.2 Å². The average molecular weight is 299 g/mol. The van der Waals surface area contributed by atoms with Crippen LogP contribution in [0.4, 0.5) is 5.69 Å². The van der Waals surface area contributed by atoms with Crippen LogP contribution in [0.2, 0.25) is 0 Å². The van der Waals surface area contributed by atoms with Crippen LogP contribution in [-0.4, -0.2) is 23.6 Å². The van der Waals surface area contributed by atoms with Crippen LogP contribution in [0.5, 0.6) is 17.2 Å². The summed E-state index contributed by atoms with van der Waals surface area (Å²) in [6.07, 6.45) is 1.26. The number of aldehydes is 2. The van der Waals surface area contributed by atoms with Crippen LogP contribution in [0.3, 0.4) is 0 Å². The van der Waals surface area contributed by atoms with Crippen LogP contribution in [0, 0.1) is 0 Å². The zero-order valence-corrected chi connectivity index (χ0v) is 11.7. The Bertz CT molecular complexity index is 739. The van der Waals surface area contributed by atoms with Gasteiger partial charge in [0.05, 0.1) is 5.69 Å². The van der Waals surface area contributed by atoms with Crippen molar-refractivity contribution in [3.05, 3.63) is 47.5 Å². The van der Waals surface area contributed by atoms with Gasteiger partial charge in [0.1, 0.15) is 12.6 Å². The Morgan fingerprint density at radius 3 is 2.32 bits per heavy atom. The number of nitrogens with one attached hydrogen (secondary N) is 1. The van der Waals surface area contributed by atoms with Gasteiger partial charge >= 0.3 is 0 Å². The first-order valence-electron chi connectivity index (χ1n) is 6.36. The van der Waals surface area contributed by atoms with Crippen LogP contribution < -0.4 is 10.1 Å². The van der Waals surface area contributed by atoms with Gasteiger partial charge < -0.3 is 15.2 Å². The number of phenols is 1. The highest BCUT2D eigenvalue weighted by molar-refractivity contribution is 5.92. The highest BCUT2D eigenvalue weighted by atomic mass is 16.5. The van der Waals surface area contributed by atoms with Gasteiger partial charge in [-0.1, -0.05) is 0 Å². The minimum Gasteiger partial charge on any atom is -0.504 e.